The molecule has 0 aliphatic heterocycles. The molecule has 0 amide bonds. The van der Waals surface area contributed by atoms with Gasteiger partial charge in [0.25, 0.3) is 0 Å². The summed E-state index contributed by atoms with van der Waals surface area (Å²) in [6.45, 7) is 0. The zero-order valence-electron chi connectivity index (χ0n) is 12.0. The fraction of sp³-hybridized carbons (Fsp3) is 0.500. The summed E-state index contributed by atoms with van der Waals surface area (Å²) in [6, 6.07) is 0. The highest BCUT2D eigenvalue weighted by Crippen LogP contribution is 2.70. The number of hydrogen-bond donors (Lipinski definition) is 0. The molecule has 1 aromatic rings. The minimum Gasteiger partial charge on any atom is -0.221 e. The summed E-state index contributed by atoms with van der Waals surface area (Å²) in [5.74, 6) is -32.4. The van der Waals surface area contributed by atoms with Crippen LogP contribution in [0.5, 0.6) is 0 Å². The molecule has 2 rings (SSSR count). The number of fused-ring (bicyclic) bond motifs is 1. The fourth-order valence-corrected chi connectivity index (χ4v) is 2.59. The van der Waals surface area contributed by atoms with Gasteiger partial charge in [0.05, 0.1) is 11.1 Å². The molecule has 1 aliphatic carbocycles. The van der Waals surface area contributed by atoms with Crippen LogP contribution in [0, 0.1) is 17.5 Å². The van der Waals surface area contributed by atoms with Crippen molar-refractivity contribution >= 4 is 0 Å². The van der Waals surface area contributed by atoms with E-state index in [0.717, 1.165) is 0 Å². The summed E-state index contributed by atoms with van der Waals surface area (Å²) in [5, 5.41) is 0. The van der Waals surface area contributed by atoms with Crippen molar-refractivity contribution in [3.63, 3.8) is 0 Å². The van der Waals surface area contributed by atoms with Crippen molar-refractivity contribution in [2.24, 2.45) is 0 Å². The summed E-state index contributed by atoms with van der Waals surface area (Å²) in [5.41, 5.74) is -19.2. The van der Waals surface area contributed by atoms with Crippen LogP contribution in [0.25, 0.3) is 0 Å². The molecule has 0 heterocycles. The summed E-state index contributed by atoms with van der Waals surface area (Å²) in [7, 11) is 0. The Balaban J connectivity index is 3.27. The zero-order valence-corrected chi connectivity index (χ0v) is 12.0. The molecule has 1 atom stereocenters. The predicted molar refractivity (Wildman–Crippen MR) is 53.9 cm³/mol. The maximum absolute atomic E-state index is 14.2. The van der Waals surface area contributed by atoms with E-state index in [4.69, 9.17) is 0 Å². The van der Waals surface area contributed by atoms with Crippen LogP contribution in [0.1, 0.15) is 16.7 Å². The minimum absolute atomic E-state index is 3.67. The number of rotatable bonds is 1. The topological polar surface area (TPSA) is 0 Å². The molecule has 0 N–H and O–H groups in total. The monoisotopic (exact) mass is 448 g/mol. The molecule has 1 unspecified atom stereocenters. The molecule has 160 valence electrons. The molecule has 0 saturated carbocycles. The van der Waals surface area contributed by atoms with Gasteiger partial charge in [-0.15, -0.1) is 0 Å². The first-order chi connectivity index (χ1) is 12.1. The van der Waals surface area contributed by atoms with Crippen LogP contribution >= 0.6 is 0 Å². The van der Waals surface area contributed by atoms with Gasteiger partial charge in [-0.25, -0.2) is 17.6 Å². The second-order valence-electron chi connectivity index (χ2n) is 5.44. The van der Waals surface area contributed by atoms with Crippen molar-refractivity contribution in [1.82, 2.24) is 0 Å². The van der Waals surface area contributed by atoms with E-state index in [-0.39, 0.29) is 0 Å². The number of alkyl halides is 13. The molecular weight excluding hydrogens is 448 g/mol. The lowest BCUT2D eigenvalue weighted by molar-refractivity contribution is -0.351. The third kappa shape index (κ3) is 2.22. The van der Waals surface area contributed by atoms with Crippen LogP contribution in [0.2, 0.25) is 0 Å². The molecule has 28 heavy (non-hydrogen) atoms. The maximum atomic E-state index is 14.2. The van der Waals surface area contributed by atoms with Gasteiger partial charge in [-0.2, -0.15) is 52.7 Å². The van der Waals surface area contributed by atoms with Crippen molar-refractivity contribution in [2.45, 2.75) is 35.8 Å². The molecular formula is C12F16. The first kappa shape index (κ1) is 22.4. The van der Waals surface area contributed by atoms with E-state index >= 15 is 0 Å². The van der Waals surface area contributed by atoms with Crippen LogP contribution in [0.3, 0.4) is 0 Å². The average Bonchev–Trinajstić information content (AvgIpc) is 2.59. The first-order valence-electron chi connectivity index (χ1n) is 6.27. The standard InChI is InChI=1S/C12F16/c13-4-2-1(3(5(14)6(4)15)9(19,20)12(26,27)28)7(16,11(23,24)25)10(21,22)8(2,17)18. The summed E-state index contributed by atoms with van der Waals surface area (Å²) < 4.78 is 212. The van der Waals surface area contributed by atoms with Crippen molar-refractivity contribution in [3.8, 4) is 0 Å². The van der Waals surface area contributed by atoms with E-state index in [1.54, 1.807) is 0 Å². The van der Waals surface area contributed by atoms with Gasteiger partial charge in [-0.1, -0.05) is 0 Å². The molecule has 1 aromatic carbocycles. The Morgan fingerprint density at radius 1 is 0.571 bits per heavy atom. The molecule has 16 heteroatoms. The van der Waals surface area contributed by atoms with Crippen molar-refractivity contribution < 1.29 is 70.2 Å². The van der Waals surface area contributed by atoms with E-state index in [9.17, 15) is 70.2 Å². The predicted octanol–water partition coefficient (Wildman–Crippen LogP) is 6.23. The lowest BCUT2D eigenvalue weighted by atomic mass is 9.87. The van der Waals surface area contributed by atoms with Gasteiger partial charge < -0.3 is 0 Å². The molecule has 1 aliphatic rings. The van der Waals surface area contributed by atoms with Gasteiger partial charge in [0.15, 0.2) is 17.5 Å². The number of hydrogen-bond acceptors (Lipinski definition) is 0. The van der Waals surface area contributed by atoms with E-state index in [1.807, 2.05) is 0 Å². The Labute approximate surface area is 141 Å². The van der Waals surface area contributed by atoms with Crippen molar-refractivity contribution in [1.29, 1.82) is 0 Å². The molecule has 0 bridgehead atoms. The smallest absolute Gasteiger partial charge is 0.221 e. The lowest BCUT2D eigenvalue weighted by Crippen LogP contribution is -2.55. The SMILES string of the molecule is Fc1c(F)c(C(F)(F)C(F)(F)F)c2c(c1F)C(F)(F)C(F)(F)C2(F)C(F)(F)F. The molecule has 0 radical (unpaired) electrons. The third-order valence-corrected chi connectivity index (χ3v) is 3.87. The van der Waals surface area contributed by atoms with E-state index in [2.05, 4.69) is 0 Å². The molecule has 0 nitrogen and oxygen atoms in total. The van der Waals surface area contributed by atoms with Crippen molar-refractivity contribution in [3.05, 3.63) is 34.1 Å². The zero-order chi connectivity index (χ0) is 22.5. The minimum atomic E-state index is -7.39. The second kappa shape index (κ2) is 5.37. The molecule has 0 fully saturated rings. The highest BCUT2D eigenvalue weighted by Gasteiger charge is 2.88. The third-order valence-electron chi connectivity index (χ3n) is 3.87. The summed E-state index contributed by atoms with van der Waals surface area (Å²) in [4.78, 5) is 0. The lowest BCUT2D eigenvalue weighted by Gasteiger charge is -2.33. The maximum Gasteiger partial charge on any atom is 0.458 e. The van der Waals surface area contributed by atoms with Gasteiger partial charge in [-0.05, 0) is 0 Å². The van der Waals surface area contributed by atoms with Gasteiger partial charge >= 0.3 is 35.8 Å². The largest absolute Gasteiger partial charge is 0.458 e. The average molecular weight is 448 g/mol. The Kier molecular flexibility index (Phi) is 4.29. The van der Waals surface area contributed by atoms with E-state index < -0.39 is 69.9 Å². The van der Waals surface area contributed by atoms with Crippen LogP contribution in [0.4, 0.5) is 70.2 Å². The Bertz CT molecular complexity index is 828. The van der Waals surface area contributed by atoms with E-state index in [1.165, 1.54) is 0 Å². The normalized spacial score (nSPS) is 24.4. The second-order valence-corrected chi connectivity index (χ2v) is 5.44. The summed E-state index contributed by atoms with van der Waals surface area (Å²) >= 11 is 0. The fourth-order valence-electron chi connectivity index (χ4n) is 2.59. The molecule has 0 saturated heterocycles. The Hall–Kier alpha value is -1.90. The highest BCUT2D eigenvalue weighted by atomic mass is 19.4. The number of benzene rings is 1. The van der Waals surface area contributed by atoms with Gasteiger partial charge in [0, 0.05) is 5.56 Å². The number of halogens is 16. The van der Waals surface area contributed by atoms with Gasteiger partial charge in [-0.3, -0.25) is 0 Å². The first-order valence-corrected chi connectivity index (χ1v) is 6.27. The molecule has 0 spiro atoms. The highest BCUT2D eigenvalue weighted by molar-refractivity contribution is 5.55. The van der Waals surface area contributed by atoms with Crippen LogP contribution in [0.15, 0.2) is 0 Å². The van der Waals surface area contributed by atoms with Crippen molar-refractivity contribution in [2.75, 3.05) is 0 Å². The van der Waals surface area contributed by atoms with Crippen LogP contribution in [-0.4, -0.2) is 18.3 Å². The quantitative estimate of drug-likeness (QED) is 0.353. The Morgan fingerprint density at radius 2 is 1.00 bits per heavy atom. The molecule has 0 aromatic heterocycles. The Morgan fingerprint density at radius 3 is 1.36 bits per heavy atom. The summed E-state index contributed by atoms with van der Waals surface area (Å²) in [6.07, 6.45) is -14.6. The van der Waals surface area contributed by atoms with Gasteiger partial charge in [0.1, 0.15) is 0 Å². The van der Waals surface area contributed by atoms with Crippen LogP contribution < -0.4 is 0 Å². The van der Waals surface area contributed by atoms with Gasteiger partial charge in [0.2, 0.25) is 0 Å². The van der Waals surface area contributed by atoms with Crippen LogP contribution in [-0.2, 0) is 17.5 Å². The van der Waals surface area contributed by atoms with E-state index in [0.29, 0.717) is 0 Å².